The summed E-state index contributed by atoms with van der Waals surface area (Å²) in [6.45, 7) is 4.93. The number of morpholine rings is 1. The third kappa shape index (κ3) is 8.59. The molecule has 2 aromatic carbocycles. The quantitative estimate of drug-likeness (QED) is 0.387. The fourth-order valence-electron chi connectivity index (χ4n) is 4.67. The molecule has 1 aliphatic heterocycles. The lowest BCUT2D eigenvalue weighted by molar-refractivity contribution is -0.146. The zero-order valence-electron chi connectivity index (χ0n) is 22.0. The highest BCUT2D eigenvalue weighted by Gasteiger charge is 2.34. The minimum atomic E-state index is -1.72. The molecule has 38 heavy (non-hydrogen) atoms. The maximum atomic E-state index is 13.0. The molecule has 1 unspecified atom stereocenters. The molecule has 9 nitrogen and oxygen atoms in total. The molecule has 3 rings (SSSR count). The number of benzene rings is 2. The van der Waals surface area contributed by atoms with Crippen LogP contribution in [0.4, 0.5) is 4.79 Å². The Morgan fingerprint density at radius 1 is 1.08 bits per heavy atom. The molecule has 0 spiro atoms. The summed E-state index contributed by atoms with van der Waals surface area (Å²) in [4.78, 5) is 27.0. The number of ether oxygens (including phenoxy) is 2. The molecule has 0 radical (unpaired) electrons. The minimum absolute atomic E-state index is 0.0584. The maximum absolute atomic E-state index is 13.0. The largest absolute Gasteiger partial charge is 0.475 e. The third-order valence-electron chi connectivity index (χ3n) is 6.67. The van der Waals surface area contributed by atoms with Gasteiger partial charge in [-0.25, -0.2) is 4.79 Å². The Hall–Kier alpha value is -3.39. The molecule has 0 saturated carbocycles. The highest BCUT2D eigenvalue weighted by atomic mass is 16.5. The van der Waals surface area contributed by atoms with E-state index in [1.807, 2.05) is 68.4 Å². The molecule has 1 aliphatic rings. The van der Waals surface area contributed by atoms with Gasteiger partial charge < -0.3 is 29.7 Å². The van der Waals surface area contributed by atoms with Crippen LogP contribution >= 0.6 is 0 Å². The Labute approximate surface area is 224 Å². The number of nitriles is 1. The molecular formula is C28H36BN3O6. The second-order valence-electron chi connectivity index (χ2n) is 9.76. The summed E-state index contributed by atoms with van der Waals surface area (Å²) in [6, 6.07) is 19.0. The van der Waals surface area contributed by atoms with Gasteiger partial charge in [-0.15, -0.1) is 0 Å². The van der Waals surface area contributed by atoms with E-state index in [2.05, 4.69) is 11.4 Å². The van der Waals surface area contributed by atoms with Crippen molar-refractivity contribution in [2.45, 2.75) is 57.6 Å². The number of carbonyl (C=O) groups excluding carboxylic acids is 2. The zero-order chi connectivity index (χ0) is 27.5. The predicted octanol–water partition coefficient (Wildman–Crippen LogP) is 2.29. The normalized spacial score (nSPS) is 18.7. The highest BCUT2D eigenvalue weighted by Crippen LogP contribution is 2.20. The van der Waals surface area contributed by atoms with Gasteiger partial charge in [0, 0.05) is 6.42 Å². The minimum Gasteiger partial charge on any atom is -0.449 e. The number of alkyl carbamates (subject to hydrolysis) is 1. The van der Waals surface area contributed by atoms with E-state index in [0.717, 1.165) is 16.7 Å². The molecule has 0 bridgehead atoms. The van der Waals surface area contributed by atoms with Crippen LogP contribution in [0.5, 0.6) is 0 Å². The number of nitrogens with zero attached hydrogens (tertiary/aromatic N) is 2. The van der Waals surface area contributed by atoms with Crippen molar-refractivity contribution in [1.29, 1.82) is 5.26 Å². The van der Waals surface area contributed by atoms with Crippen LogP contribution in [0.15, 0.2) is 54.6 Å². The average molecular weight is 521 g/mol. The Balaban J connectivity index is 1.47. The van der Waals surface area contributed by atoms with Crippen LogP contribution in [0.2, 0.25) is 0 Å². The Morgan fingerprint density at radius 2 is 1.71 bits per heavy atom. The molecule has 2 aromatic rings. The summed E-state index contributed by atoms with van der Waals surface area (Å²) in [5.74, 6) is -1.77. The van der Waals surface area contributed by atoms with E-state index >= 15 is 0 Å². The zero-order valence-corrected chi connectivity index (χ0v) is 22.0. The monoisotopic (exact) mass is 521 g/mol. The number of amides is 2. The number of aryl methyl sites for hydroxylation is 1. The van der Waals surface area contributed by atoms with Crippen molar-refractivity contribution in [2.75, 3.05) is 19.8 Å². The molecule has 2 amide bonds. The molecule has 1 saturated heterocycles. The first-order valence-electron chi connectivity index (χ1n) is 13.0. The van der Waals surface area contributed by atoms with Crippen molar-refractivity contribution < 1.29 is 29.1 Å². The van der Waals surface area contributed by atoms with Crippen molar-refractivity contribution >= 4 is 19.1 Å². The van der Waals surface area contributed by atoms with Crippen LogP contribution in [-0.4, -0.2) is 71.9 Å². The summed E-state index contributed by atoms with van der Waals surface area (Å²) < 4.78 is 10.8. The van der Waals surface area contributed by atoms with Gasteiger partial charge in [0.05, 0.1) is 43.9 Å². The van der Waals surface area contributed by atoms with Crippen LogP contribution in [0, 0.1) is 17.2 Å². The first-order chi connectivity index (χ1) is 18.3. The molecule has 1 fully saturated rings. The van der Waals surface area contributed by atoms with E-state index in [1.165, 1.54) is 0 Å². The molecule has 0 aliphatic carbocycles. The topological polar surface area (TPSA) is 132 Å². The number of nitrogens with one attached hydrogen (secondary N) is 1. The van der Waals surface area contributed by atoms with Crippen LogP contribution in [0.3, 0.4) is 0 Å². The first-order valence-corrected chi connectivity index (χ1v) is 13.0. The van der Waals surface area contributed by atoms with Gasteiger partial charge in [0.1, 0.15) is 5.92 Å². The summed E-state index contributed by atoms with van der Waals surface area (Å²) in [6.07, 6.45) is 0.987. The molecule has 4 atom stereocenters. The smallest absolute Gasteiger partial charge is 0.449 e. The van der Waals surface area contributed by atoms with Gasteiger partial charge in [0.2, 0.25) is 5.91 Å². The van der Waals surface area contributed by atoms with E-state index in [9.17, 15) is 24.9 Å². The lowest BCUT2D eigenvalue weighted by Crippen LogP contribution is -2.54. The molecule has 1 heterocycles. The fourth-order valence-corrected chi connectivity index (χ4v) is 4.67. The first kappa shape index (κ1) is 29.2. The molecule has 202 valence electrons. The van der Waals surface area contributed by atoms with Gasteiger partial charge in [-0.2, -0.15) is 5.26 Å². The van der Waals surface area contributed by atoms with Gasteiger partial charge in [0.15, 0.2) is 0 Å². The van der Waals surface area contributed by atoms with E-state index in [4.69, 9.17) is 9.47 Å². The SMILES string of the molecule is C[C@@H]1COC[C@@H](C)N1C(=O)C(C#N)CCc1cccc(CCOC(=O)N[C@@H](Cc2ccccc2)B(O)O)c1. The van der Waals surface area contributed by atoms with Crippen molar-refractivity contribution in [1.82, 2.24) is 10.2 Å². The lowest BCUT2D eigenvalue weighted by Gasteiger charge is -2.39. The standard InChI is InChI=1S/C28H36BN3O6/c1-20-18-37-19-21(2)32(20)27(33)25(17-30)12-11-23-9-6-10-24(15-23)13-14-38-28(34)31-26(29(35)36)16-22-7-4-3-5-8-22/h3-10,15,20-21,25-26,35-36H,11-14,16,18-19H2,1-2H3,(H,31,34)/t20-,21-,25?,26+/m1/s1. The molecular weight excluding hydrogens is 485 g/mol. The number of hydrogen-bond donors (Lipinski definition) is 3. The van der Waals surface area contributed by atoms with Gasteiger partial charge in [-0.05, 0) is 49.8 Å². The van der Waals surface area contributed by atoms with E-state index in [-0.39, 0.29) is 31.0 Å². The predicted molar refractivity (Wildman–Crippen MR) is 143 cm³/mol. The number of carbonyl (C=O) groups is 2. The summed E-state index contributed by atoms with van der Waals surface area (Å²) in [7, 11) is -1.72. The van der Waals surface area contributed by atoms with Gasteiger partial charge in [-0.3, -0.25) is 4.79 Å². The fraction of sp³-hybridized carbons (Fsp3) is 0.464. The highest BCUT2D eigenvalue weighted by molar-refractivity contribution is 6.43. The second kappa shape index (κ2) is 14.5. The lowest BCUT2D eigenvalue weighted by atomic mass is 9.76. The Bertz CT molecular complexity index is 1080. The van der Waals surface area contributed by atoms with Crippen molar-refractivity contribution in [2.24, 2.45) is 5.92 Å². The Kier molecular flexibility index (Phi) is 11.2. The van der Waals surface area contributed by atoms with Gasteiger partial charge in [0.25, 0.3) is 0 Å². The Morgan fingerprint density at radius 3 is 2.34 bits per heavy atom. The molecule has 10 heteroatoms. The summed E-state index contributed by atoms with van der Waals surface area (Å²) in [5.41, 5.74) is 2.81. The van der Waals surface area contributed by atoms with Crippen LogP contribution in [-0.2, 0) is 33.5 Å². The van der Waals surface area contributed by atoms with Crippen LogP contribution in [0.1, 0.15) is 37.0 Å². The van der Waals surface area contributed by atoms with Crippen molar-refractivity contribution in [3.8, 4) is 6.07 Å². The van der Waals surface area contributed by atoms with Crippen molar-refractivity contribution in [3.63, 3.8) is 0 Å². The van der Waals surface area contributed by atoms with E-state index in [0.29, 0.717) is 32.5 Å². The average Bonchev–Trinajstić information content (AvgIpc) is 2.89. The van der Waals surface area contributed by atoms with E-state index in [1.54, 1.807) is 4.90 Å². The molecule has 0 aromatic heterocycles. The van der Waals surface area contributed by atoms with Gasteiger partial charge in [-0.1, -0.05) is 54.6 Å². The van der Waals surface area contributed by atoms with Crippen molar-refractivity contribution in [3.05, 3.63) is 71.3 Å². The van der Waals surface area contributed by atoms with Crippen LogP contribution < -0.4 is 5.32 Å². The second-order valence-corrected chi connectivity index (χ2v) is 9.76. The summed E-state index contributed by atoms with van der Waals surface area (Å²) in [5, 5.41) is 31.4. The van der Waals surface area contributed by atoms with Crippen LogP contribution in [0.25, 0.3) is 0 Å². The summed E-state index contributed by atoms with van der Waals surface area (Å²) >= 11 is 0. The van der Waals surface area contributed by atoms with E-state index < -0.39 is 25.1 Å². The number of rotatable bonds is 11. The molecule has 3 N–H and O–H groups in total. The van der Waals surface area contributed by atoms with Gasteiger partial charge >= 0.3 is 13.2 Å². The third-order valence-corrected chi connectivity index (χ3v) is 6.67. The number of hydrogen-bond acceptors (Lipinski definition) is 7. The maximum Gasteiger partial charge on any atom is 0.475 e.